The average Bonchev–Trinajstić information content (AvgIpc) is 2.95. The lowest BCUT2D eigenvalue weighted by Crippen LogP contribution is -2.43. The minimum atomic E-state index is -0.562. The van der Waals surface area contributed by atoms with Gasteiger partial charge in [-0.15, -0.1) is 0 Å². The summed E-state index contributed by atoms with van der Waals surface area (Å²) in [6.45, 7) is 3.03. The zero-order valence-corrected chi connectivity index (χ0v) is 14.0. The topological polar surface area (TPSA) is 107 Å². The third-order valence-electron chi connectivity index (χ3n) is 3.28. The number of nitrogens with one attached hydrogen (secondary N) is 2. The van der Waals surface area contributed by atoms with Crippen molar-refractivity contribution >= 4 is 18.1 Å². The van der Waals surface area contributed by atoms with Crippen LogP contribution in [0.1, 0.15) is 32.2 Å². The van der Waals surface area contributed by atoms with Crippen molar-refractivity contribution in [3.8, 4) is 11.5 Å². The highest BCUT2D eigenvalue weighted by Crippen LogP contribution is 2.27. The number of amides is 2. The summed E-state index contributed by atoms with van der Waals surface area (Å²) in [5.41, 5.74) is 5.29. The zero-order valence-electron chi connectivity index (χ0n) is 14.0. The van der Waals surface area contributed by atoms with Crippen LogP contribution in [-0.4, -0.2) is 31.8 Å². The Kier molecular flexibility index (Phi) is 5.78. The summed E-state index contributed by atoms with van der Waals surface area (Å²) in [7, 11) is 1.42. The van der Waals surface area contributed by atoms with Crippen LogP contribution in [0.3, 0.4) is 0 Å². The van der Waals surface area contributed by atoms with Crippen molar-refractivity contribution in [2.24, 2.45) is 0 Å². The first kappa shape index (κ1) is 18.1. The van der Waals surface area contributed by atoms with Gasteiger partial charge in [0.05, 0.1) is 12.7 Å². The maximum absolute atomic E-state index is 11.9. The molecule has 0 aliphatic rings. The number of benzene rings is 1. The fourth-order valence-corrected chi connectivity index (χ4v) is 2.11. The van der Waals surface area contributed by atoms with Crippen molar-refractivity contribution in [2.45, 2.75) is 13.8 Å². The predicted molar refractivity (Wildman–Crippen MR) is 87.7 cm³/mol. The van der Waals surface area contributed by atoms with Crippen molar-refractivity contribution in [2.75, 3.05) is 13.7 Å². The van der Waals surface area contributed by atoms with Gasteiger partial charge >= 0.3 is 0 Å². The zero-order chi connectivity index (χ0) is 18.4. The van der Waals surface area contributed by atoms with Crippen LogP contribution in [0.25, 0.3) is 0 Å². The van der Waals surface area contributed by atoms with Gasteiger partial charge in [0.2, 0.25) is 0 Å². The fourth-order valence-electron chi connectivity index (χ4n) is 2.11. The highest BCUT2D eigenvalue weighted by Gasteiger charge is 2.14. The Morgan fingerprint density at radius 3 is 2.52 bits per heavy atom. The molecular weight excluding hydrogens is 328 g/mol. The Bertz CT molecular complexity index is 796. The van der Waals surface area contributed by atoms with Crippen LogP contribution in [0.5, 0.6) is 11.5 Å². The third kappa shape index (κ3) is 4.60. The highest BCUT2D eigenvalue weighted by molar-refractivity contribution is 5.96. The van der Waals surface area contributed by atoms with Gasteiger partial charge in [0.1, 0.15) is 17.8 Å². The Labute approximate surface area is 144 Å². The van der Waals surface area contributed by atoms with E-state index in [1.54, 1.807) is 19.9 Å². The normalized spacial score (nSPS) is 10.0. The van der Waals surface area contributed by atoms with E-state index in [9.17, 15) is 14.4 Å². The van der Waals surface area contributed by atoms with Crippen molar-refractivity contribution in [1.29, 1.82) is 0 Å². The number of hydrogen-bond donors (Lipinski definition) is 2. The van der Waals surface area contributed by atoms with Gasteiger partial charge in [-0.05, 0) is 38.1 Å². The van der Waals surface area contributed by atoms with Gasteiger partial charge in [0.25, 0.3) is 11.8 Å². The molecule has 25 heavy (non-hydrogen) atoms. The van der Waals surface area contributed by atoms with Crippen LogP contribution in [0.15, 0.2) is 28.7 Å². The molecule has 0 radical (unpaired) electrons. The largest absolute Gasteiger partial charge is 0.493 e. The second kappa shape index (κ2) is 8.00. The quantitative estimate of drug-likeness (QED) is 0.607. The van der Waals surface area contributed by atoms with Crippen LogP contribution in [0.2, 0.25) is 0 Å². The first-order valence-corrected chi connectivity index (χ1v) is 7.36. The summed E-state index contributed by atoms with van der Waals surface area (Å²) in [5, 5.41) is 0. The minimum Gasteiger partial charge on any atom is -0.493 e. The molecule has 0 fully saturated rings. The van der Waals surface area contributed by atoms with Crippen molar-refractivity contribution in [3.63, 3.8) is 0 Å². The number of aryl methyl sites for hydroxylation is 2. The number of furan rings is 1. The molecule has 0 saturated carbocycles. The average molecular weight is 346 g/mol. The highest BCUT2D eigenvalue weighted by atomic mass is 16.5. The maximum Gasteiger partial charge on any atom is 0.276 e. The van der Waals surface area contributed by atoms with Crippen LogP contribution < -0.4 is 20.3 Å². The molecule has 1 aromatic carbocycles. The van der Waals surface area contributed by atoms with E-state index in [4.69, 9.17) is 13.9 Å². The lowest BCUT2D eigenvalue weighted by molar-refractivity contribution is -0.123. The molecule has 0 atom stereocenters. The molecule has 132 valence electrons. The summed E-state index contributed by atoms with van der Waals surface area (Å²) in [4.78, 5) is 34.5. The molecule has 0 unspecified atom stereocenters. The van der Waals surface area contributed by atoms with Crippen LogP contribution in [-0.2, 0) is 4.79 Å². The molecule has 2 amide bonds. The molecule has 8 nitrogen and oxygen atoms in total. The van der Waals surface area contributed by atoms with E-state index in [-0.39, 0.29) is 6.61 Å². The van der Waals surface area contributed by atoms with Gasteiger partial charge in [-0.25, -0.2) is 0 Å². The van der Waals surface area contributed by atoms with Gasteiger partial charge in [0, 0.05) is 5.56 Å². The molecule has 0 bridgehead atoms. The van der Waals surface area contributed by atoms with E-state index in [0.29, 0.717) is 40.4 Å². The van der Waals surface area contributed by atoms with Gasteiger partial charge in [-0.3, -0.25) is 25.2 Å². The number of rotatable bonds is 6. The monoisotopic (exact) mass is 346 g/mol. The molecule has 0 spiro atoms. The SMILES string of the molecule is COc1cc(C=O)ccc1OCC(=O)NNC(=O)c1cc(C)oc1C. The number of hydrazine groups is 1. The number of ether oxygens (including phenoxy) is 2. The Hall–Kier alpha value is -3.29. The number of carbonyl (C=O) groups is 3. The number of aldehydes is 1. The molecule has 1 aromatic heterocycles. The van der Waals surface area contributed by atoms with Gasteiger partial charge < -0.3 is 13.9 Å². The van der Waals surface area contributed by atoms with Crippen molar-refractivity contribution in [3.05, 3.63) is 46.9 Å². The maximum atomic E-state index is 11.9. The first-order chi connectivity index (χ1) is 11.9. The molecule has 2 N–H and O–H groups in total. The predicted octanol–water partition coefficient (Wildman–Crippen LogP) is 1.56. The lowest BCUT2D eigenvalue weighted by Gasteiger charge is -2.11. The number of carbonyl (C=O) groups excluding carboxylic acids is 3. The van der Waals surface area contributed by atoms with Crippen molar-refractivity contribution in [1.82, 2.24) is 10.9 Å². The standard InChI is InChI=1S/C17H18N2O6/c1-10-6-13(11(2)25-10)17(22)19-18-16(21)9-24-14-5-4-12(8-20)7-15(14)23-3/h4-8H,9H2,1-3H3,(H,18,21)(H,19,22). The van der Waals surface area contributed by atoms with Gasteiger partial charge in [-0.1, -0.05) is 0 Å². The minimum absolute atomic E-state index is 0.302. The summed E-state index contributed by atoms with van der Waals surface area (Å²) in [6.07, 6.45) is 0.675. The second-order valence-electron chi connectivity index (χ2n) is 5.15. The number of methoxy groups -OCH3 is 1. The van der Waals surface area contributed by atoms with Crippen LogP contribution in [0, 0.1) is 13.8 Å². The van der Waals surface area contributed by atoms with E-state index in [0.717, 1.165) is 0 Å². The molecule has 8 heteroatoms. The molecule has 0 aliphatic carbocycles. The summed E-state index contributed by atoms with van der Waals surface area (Å²) < 4.78 is 15.7. The smallest absolute Gasteiger partial charge is 0.276 e. The second-order valence-corrected chi connectivity index (χ2v) is 5.15. The first-order valence-electron chi connectivity index (χ1n) is 7.36. The molecule has 2 rings (SSSR count). The van der Waals surface area contributed by atoms with E-state index < -0.39 is 11.8 Å². The lowest BCUT2D eigenvalue weighted by atomic mass is 10.2. The third-order valence-corrected chi connectivity index (χ3v) is 3.28. The van der Waals surface area contributed by atoms with E-state index in [1.165, 1.54) is 25.3 Å². The van der Waals surface area contributed by atoms with Gasteiger partial charge in [0.15, 0.2) is 18.1 Å². The summed E-state index contributed by atoms with van der Waals surface area (Å²) >= 11 is 0. The molecule has 0 aliphatic heterocycles. The molecule has 1 heterocycles. The number of hydrogen-bond acceptors (Lipinski definition) is 6. The molecular formula is C17H18N2O6. The summed E-state index contributed by atoms with van der Waals surface area (Å²) in [6, 6.07) is 6.12. The van der Waals surface area contributed by atoms with Crippen LogP contribution >= 0.6 is 0 Å². The van der Waals surface area contributed by atoms with Crippen molar-refractivity contribution < 1.29 is 28.3 Å². The molecule has 2 aromatic rings. The van der Waals surface area contributed by atoms with Gasteiger partial charge in [-0.2, -0.15) is 0 Å². The Balaban J connectivity index is 1.88. The van der Waals surface area contributed by atoms with E-state index >= 15 is 0 Å². The van der Waals surface area contributed by atoms with Crippen LogP contribution in [0.4, 0.5) is 0 Å². The summed E-state index contributed by atoms with van der Waals surface area (Å²) in [5.74, 6) is 0.633. The fraction of sp³-hybridized carbons (Fsp3) is 0.235. The Morgan fingerprint density at radius 2 is 1.92 bits per heavy atom. The Morgan fingerprint density at radius 1 is 1.16 bits per heavy atom. The van der Waals surface area contributed by atoms with E-state index in [1.807, 2.05) is 0 Å². The van der Waals surface area contributed by atoms with E-state index in [2.05, 4.69) is 10.9 Å². The molecule has 0 saturated heterocycles.